The number of allylic oxidation sites excluding steroid dienone is 4. The van der Waals surface area contributed by atoms with Crippen molar-refractivity contribution in [1.82, 2.24) is 5.06 Å². The summed E-state index contributed by atoms with van der Waals surface area (Å²) in [5.74, 6) is 4.45. The first kappa shape index (κ1) is 19.5. The average Bonchev–Trinajstić information content (AvgIpc) is 3.32. The van der Waals surface area contributed by atoms with Crippen molar-refractivity contribution >= 4 is 5.97 Å². The molecule has 0 bridgehead atoms. The minimum absolute atomic E-state index is 0.111. The number of carbonyl (C=O) groups is 1. The molecular formula is C26H37NO3. The summed E-state index contributed by atoms with van der Waals surface area (Å²) in [4.78, 5) is 11.7. The molecule has 164 valence electrons. The second-order valence-corrected chi connectivity index (χ2v) is 11.7. The number of aliphatic carboxylic acids is 1. The normalized spacial score (nSPS) is 51.5. The average molecular weight is 412 g/mol. The highest BCUT2D eigenvalue weighted by molar-refractivity contribution is 5.66. The molecule has 0 amide bonds. The molecule has 5 aliphatic carbocycles. The van der Waals surface area contributed by atoms with Crippen molar-refractivity contribution in [3.05, 3.63) is 23.8 Å². The first-order valence-electron chi connectivity index (χ1n) is 12.5. The summed E-state index contributed by atoms with van der Waals surface area (Å²) in [7, 11) is 0. The molecule has 30 heavy (non-hydrogen) atoms. The summed E-state index contributed by atoms with van der Waals surface area (Å²) < 4.78 is 0. The first-order chi connectivity index (χ1) is 14.5. The predicted molar refractivity (Wildman–Crippen MR) is 115 cm³/mol. The lowest BCUT2D eigenvalue weighted by molar-refractivity contribution is -0.143. The summed E-state index contributed by atoms with van der Waals surface area (Å²) in [6.07, 6.45) is 17.2. The number of hydrogen-bond donors (Lipinski definition) is 2. The SMILES string of the molecule is C[C@]12CC[C@H]3[C@@H](CC=C4C=CCC[C@@H]43)[C@@H]1[C@H]1C[C@H]1[C@]2(CCC(=O)O)[C@H]1CCN(O)C1. The Morgan fingerprint density at radius 3 is 2.87 bits per heavy atom. The maximum Gasteiger partial charge on any atom is 0.303 e. The fraction of sp³-hybridized carbons (Fsp3) is 0.808. The van der Waals surface area contributed by atoms with Gasteiger partial charge in [-0.1, -0.05) is 25.2 Å². The van der Waals surface area contributed by atoms with E-state index in [1.54, 1.807) is 5.57 Å². The van der Waals surface area contributed by atoms with Gasteiger partial charge in [0, 0.05) is 19.5 Å². The lowest BCUT2D eigenvalue weighted by Crippen LogP contribution is -2.54. The van der Waals surface area contributed by atoms with Crippen LogP contribution in [0.1, 0.15) is 64.7 Å². The molecule has 0 spiro atoms. The van der Waals surface area contributed by atoms with Gasteiger partial charge in [-0.25, -0.2) is 0 Å². The Morgan fingerprint density at radius 2 is 2.10 bits per heavy atom. The first-order valence-corrected chi connectivity index (χ1v) is 12.5. The lowest BCUT2D eigenvalue weighted by Gasteiger charge is -2.60. The highest BCUT2D eigenvalue weighted by atomic mass is 16.5. The van der Waals surface area contributed by atoms with E-state index in [2.05, 4.69) is 25.2 Å². The zero-order valence-electron chi connectivity index (χ0n) is 18.3. The molecule has 3 saturated carbocycles. The van der Waals surface area contributed by atoms with Crippen molar-refractivity contribution in [2.45, 2.75) is 64.7 Å². The summed E-state index contributed by atoms with van der Waals surface area (Å²) in [6.45, 7) is 4.06. The van der Waals surface area contributed by atoms with E-state index in [1.807, 2.05) is 0 Å². The van der Waals surface area contributed by atoms with Crippen LogP contribution < -0.4 is 0 Å². The number of nitrogens with zero attached hydrogens (tertiary/aromatic N) is 1. The Balaban J connectivity index is 1.38. The van der Waals surface area contributed by atoms with Gasteiger partial charge in [-0.15, -0.1) is 0 Å². The zero-order chi connectivity index (χ0) is 20.7. The standard InChI is InChI=1S/C26H37NO3/c1-25-11-8-19-18-5-3-2-4-16(18)6-7-20(19)24(25)21-14-22(21)26(25,12-9-23(28)29)17-10-13-27(30)15-17/h2,4,6,17-22,24,30H,3,5,7-15H2,1H3,(H,28,29)/t17-,18-,19+,20+,21-,22+,24+,25-,26-/m0/s1. The minimum atomic E-state index is -0.648. The van der Waals surface area contributed by atoms with E-state index in [0.717, 1.165) is 55.5 Å². The lowest BCUT2D eigenvalue weighted by atomic mass is 9.44. The Labute approximate surface area is 180 Å². The molecule has 0 radical (unpaired) electrons. The molecule has 0 aromatic rings. The highest BCUT2D eigenvalue weighted by Gasteiger charge is 2.76. The fourth-order valence-corrected chi connectivity index (χ4v) is 10.0. The summed E-state index contributed by atoms with van der Waals surface area (Å²) in [6, 6.07) is 0. The quantitative estimate of drug-likeness (QED) is 0.672. The van der Waals surface area contributed by atoms with Gasteiger partial charge in [0.2, 0.25) is 0 Å². The second-order valence-electron chi connectivity index (χ2n) is 11.7. The number of rotatable bonds is 4. The van der Waals surface area contributed by atoms with Gasteiger partial charge in [0.05, 0.1) is 0 Å². The van der Waals surface area contributed by atoms with Gasteiger partial charge in [-0.05, 0) is 109 Å². The molecule has 4 nitrogen and oxygen atoms in total. The number of hydroxylamine groups is 2. The second kappa shape index (κ2) is 6.68. The van der Waals surface area contributed by atoms with Gasteiger partial charge in [0.25, 0.3) is 0 Å². The van der Waals surface area contributed by atoms with E-state index in [4.69, 9.17) is 0 Å². The molecule has 1 aliphatic heterocycles. The van der Waals surface area contributed by atoms with Crippen molar-refractivity contribution in [3.63, 3.8) is 0 Å². The van der Waals surface area contributed by atoms with Gasteiger partial charge >= 0.3 is 5.97 Å². The van der Waals surface area contributed by atoms with Crippen molar-refractivity contribution in [2.24, 2.45) is 52.3 Å². The predicted octanol–water partition coefficient (Wildman–Crippen LogP) is 5.14. The van der Waals surface area contributed by atoms with Gasteiger partial charge in [-0.2, -0.15) is 5.06 Å². The summed E-state index contributed by atoms with van der Waals surface area (Å²) in [5, 5.41) is 21.4. The third-order valence-corrected chi connectivity index (χ3v) is 10.9. The van der Waals surface area contributed by atoms with Crippen LogP contribution in [0, 0.1) is 52.3 Å². The van der Waals surface area contributed by atoms with Crippen molar-refractivity contribution in [3.8, 4) is 0 Å². The topological polar surface area (TPSA) is 60.8 Å². The van der Waals surface area contributed by atoms with Crippen molar-refractivity contribution in [2.75, 3.05) is 13.1 Å². The smallest absolute Gasteiger partial charge is 0.303 e. The molecule has 0 aromatic heterocycles. The van der Waals surface area contributed by atoms with E-state index >= 15 is 0 Å². The van der Waals surface area contributed by atoms with Crippen LogP contribution in [0.2, 0.25) is 0 Å². The Kier molecular flexibility index (Phi) is 4.35. The van der Waals surface area contributed by atoms with Crippen LogP contribution >= 0.6 is 0 Å². The van der Waals surface area contributed by atoms with Crippen LogP contribution in [0.5, 0.6) is 0 Å². The van der Waals surface area contributed by atoms with Gasteiger partial charge in [0.15, 0.2) is 0 Å². The van der Waals surface area contributed by atoms with E-state index in [0.29, 0.717) is 18.3 Å². The minimum Gasteiger partial charge on any atom is -0.481 e. The van der Waals surface area contributed by atoms with Crippen LogP contribution in [0.3, 0.4) is 0 Å². The molecule has 2 N–H and O–H groups in total. The molecule has 9 atom stereocenters. The number of carboxylic acids is 1. The molecule has 0 aromatic carbocycles. The van der Waals surface area contributed by atoms with Gasteiger partial charge < -0.3 is 10.3 Å². The Morgan fingerprint density at radius 1 is 1.23 bits per heavy atom. The third-order valence-electron chi connectivity index (χ3n) is 10.9. The van der Waals surface area contributed by atoms with E-state index < -0.39 is 5.97 Å². The van der Waals surface area contributed by atoms with Crippen molar-refractivity contribution in [1.29, 1.82) is 0 Å². The van der Waals surface area contributed by atoms with Gasteiger partial charge in [-0.3, -0.25) is 4.79 Å². The van der Waals surface area contributed by atoms with Crippen LogP contribution in [0.4, 0.5) is 0 Å². The molecule has 1 heterocycles. The molecule has 6 rings (SSSR count). The number of hydrogen-bond acceptors (Lipinski definition) is 3. The van der Waals surface area contributed by atoms with Crippen LogP contribution in [0.25, 0.3) is 0 Å². The number of carboxylic acid groups (broad SMARTS) is 1. The van der Waals surface area contributed by atoms with Crippen LogP contribution in [-0.2, 0) is 4.79 Å². The molecule has 0 unspecified atom stereocenters. The van der Waals surface area contributed by atoms with E-state index in [1.165, 1.54) is 43.6 Å². The van der Waals surface area contributed by atoms with Crippen LogP contribution in [-0.4, -0.2) is 34.4 Å². The molecule has 6 aliphatic rings. The Bertz CT molecular complexity index is 804. The third kappa shape index (κ3) is 2.50. The molecule has 4 fully saturated rings. The highest BCUT2D eigenvalue weighted by Crippen LogP contribution is 2.82. The summed E-state index contributed by atoms with van der Waals surface area (Å²) in [5.41, 5.74) is 1.96. The van der Waals surface area contributed by atoms with Gasteiger partial charge in [0.1, 0.15) is 0 Å². The van der Waals surface area contributed by atoms with E-state index in [-0.39, 0.29) is 10.8 Å². The molecular weight excluding hydrogens is 374 g/mol. The maximum atomic E-state index is 11.7. The summed E-state index contributed by atoms with van der Waals surface area (Å²) >= 11 is 0. The molecule has 4 heteroatoms. The monoisotopic (exact) mass is 411 g/mol. The largest absolute Gasteiger partial charge is 0.481 e. The van der Waals surface area contributed by atoms with Crippen LogP contribution in [0.15, 0.2) is 23.8 Å². The van der Waals surface area contributed by atoms with E-state index in [9.17, 15) is 15.1 Å². The maximum absolute atomic E-state index is 11.7. The fourth-order valence-electron chi connectivity index (χ4n) is 10.0. The van der Waals surface area contributed by atoms with Crippen molar-refractivity contribution < 1.29 is 15.1 Å². The number of fused-ring (bicyclic) bond motifs is 7. The zero-order valence-corrected chi connectivity index (χ0v) is 18.3. The Hall–Kier alpha value is -1.13. The molecule has 1 saturated heterocycles.